The van der Waals surface area contributed by atoms with Crippen LogP contribution in [0.4, 0.5) is 17.1 Å². The van der Waals surface area contributed by atoms with E-state index in [-0.39, 0.29) is 23.4 Å². The van der Waals surface area contributed by atoms with Crippen LogP contribution in [0.2, 0.25) is 5.02 Å². The number of carbonyl (C=O) groups excluding carboxylic acids is 1. The quantitative estimate of drug-likeness (QED) is 0.517. The minimum atomic E-state index is -3.83. The number of nitrogens with zero attached hydrogens (tertiary/aromatic N) is 2. The topological polar surface area (TPSA) is 110 Å². The van der Waals surface area contributed by atoms with Crippen LogP contribution in [-0.4, -0.2) is 31.5 Å². The number of nitro groups is 1. The van der Waals surface area contributed by atoms with Gasteiger partial charge in [0.05, 0.1) is 28.1 Å². The second-order valence-corrected chi connectivity index (χ2v) is 8.91. The van der Waals surface area contributed by atoms with Crippen LogP contribution in [0.25, 0.3) is 0 Å². The maximum atomic E-state index is 13.0. The van der Waals surface area contributed by atoms with E-state index >= 15 is 0 Å². The molecule has 29 heavy (non-hydrogen) atoms. The van der Waals surface area contributed by atoms with Crippen LogP contribution in [0.15, 0.2) is 36.4 Å². The molecule has 8 nitrogen and oxygen atoms in total. The van der Waals surface area contributed by atoms with E-state index in [1.807, 2.05) is 0 Å². The zero-order valence-corrected chi connectivity index (χ0v) is 18.0. The Balaban J connectivity index is 2.49. The number of benzene rings is 2. The molecule has 0 spiro atoms. The van der Waals surface area contributed by atoms with Crippen LogP contribution in [0.5, 0.6) is 0 Å². The van der Waals surface area contributed by atoms with Crippen molar-refractivity contribution < 1.29 is 18.1 Å². The van der Waals surface area contributed by atoms with Crippen molar-refractivity contribution in [2.24, 2.45) is 0 Å². The molecule has 0 aromatic heterocycles. The van der Waals surface area contributed by atoms with E-state index in [0.717, 1.165) is 10.6 Å². The van der Waals surface area contributed by atoms with Gasteiger partial charge in [-0.1, -0.05) is 30.7 Å². The molecule has 0 fully saturated rings. The average Bonchev–Trinajstić information content (AvgIpc) is 2.62. The van der Waals surface area contributed by atoms with Gasteiger partial charge in [-0.25, -0.2) is 8.42 Å². The number of anilines is 2. The molecule has 0 saturated carbocycles. The van der Waals surface area contributed by atoms with Gasteiger partial charge in [-0.05, 0) is 44.0 Å². The number of rotatable bonds is 7. The predicted octanol–water partition coefficient (Wildman–Crippen LogP) is 4.05. The van der Waals surface area contributed by atoms with Crippen LogP contribution in [0.1, 0.15) is 24.5 Å². The molecule has 0 radical (unpaired) electrons. The second kappa shape index (κ2) is 8.79. The molecule has 0 aliphatic heterocycles. The maximum absolute atomic E-state index is 13.0. The number of aryl methyl sites for hydroxylation is 1. The molecule has 0 saturated heterocycles. The Hall–Kier alpha value is -2.65. The van der Waals surface area contributed by atoms with Crippen LogP contribution in [0, 0.1) is 24.0 Å². The van der Waals surface area contributed by atoms with Gasteiger partial charge in [0, 0.05) is 11.1 Å². The van der Waals surface area contributed by atoms with Gasteiger partial charge in [0.2, 0.25) is 15.9 Å². The summed E-state index contributed by atoms with van der Waals surface area (Å²) in [5.41, 5.74) is 1.33. The third-order valence-electron chi connectivity index (χ3n) is 4.50. The van der Waals surface area contributed by atoms with Gasteiger partial charge in [-0.3, -0.25) is 19.2 Å². The first-order valence-electron chi connectivity index (χ1n) is 8.77. The zero-order valence-electron chi connectivity index (χ0n) is 16.5. The van der Waals surface area contributed by atoms with Crippen molar-refractivity contribution >= 4 is 44.6 Å². The highest BCUT2D eigenvalue weighted by Crippen LogP contribution is 2.30. The number of hydrogen-bond donors (Lipinski definition) is 1. The Morgan fingerprint density at radius 2 is 1.93 bits per heavy atom. The number of nitro benzene ring substituents is 1. The molecule has 2 rings (SSSR count). The Bertz CT molecular complexity index is 1060. The lowest BCUT2D eigenvalue weighted by atomic mass is 10.1. The molecule has 0 unspecified atom stereocenters. The van der Waals surface area contributed by atoms with Gasteiger partial charge in [-0.2, -0.15) is 0 Å². The molecule has 0 bridgehead atoms. The first kappa shape index (κ1) is 22.6. The molecule has 0 heterocycles. The molecule has 1 N–H and O–H groups in total. The van der Waals surface area contributed by atoms with Crippen molar-refractivity contribution in [1.82, 2.24) is 0 Å². The Kier molecular flexibility index (Phi) is 6.86. The first-order chi connectivity index (χ1) is 13.5. The van der Waals surface area contributed by atoms with E-state index in [1.54, 1.807) is 26.0 Å². The Morgan fingerprint density at radius 1 is 1.28 bits per heavy atom. The van der Waals surface area contributed by atoms with Crippen molar-refractivity contribution in [3.63, 3.8) is 0 Å². The number of halogens is 1. The van der Waals surface area contributed by atoms with Gasteiger partial charge in [0.1, 0.15) is 6.04 Å². The molecule has 1 amide bonds. The highest BCUT2D eigenvalue weighted by molar-refractivity contribution is 7.92. The minimum absolute atomic E-state index is 0.137. The Labute approximate surface area is 174 Å². The standard InChI is InChI=1S/C19H22ClN3O5S/c1-5-16(19(24)21-15-7-6-8-17(13(15)3)23(25)26)22(29(4,27)28)18-11-14(20)10-9-12(18)2/h6-11,16H,5H2,1-4H3,(H,21,24)/t16-/m1/s1. The SMILES string of the molecule is CC[C@H](C(=O)Nc1cccc([N+](=O)[O-])c1C)N(c1cc(Cl)ccc1C)S(C)(=O)=O. The van der Waals surface area contributed by atoms with Crippen LogP contribution < -0.4 is 9.62 Å². The molecule has 2 aromatic rings. The zero-order chi connectivity index (χ0) is 21.9. The summed E-state index contributed by atoms with van der Waals surface area (Å²) in [6.07, 6.45) is 1.20. The normalized spacial score (nSPS) is 12.3. The van der Waals surface area contributed by atoms with Crippen LogP contribution in [0.3, 0.4) is 0 Å². The largest absolute Gasteiger partial charge is 0.324 e. The highest BCUT2D eigenvalue weighted by Gasteiger charge is 2.33. The number of carbonyl (C=O) groups is 1. The van der Waals surface area contributed by atoms with Crippen molar-refractivity contribution in [2.75, 3.05) is 15.9 Å². The summed E-state index contributed by atoms with van der Waals surface area (Å²) >= 11 is 6.05. The van der Waals surface area contributed by atoms with Crippen LogP contribution in [-0.2, 0) is 14.8 Å². The van der Waals surface area contributed by atoms with Gasteiger partial charge in [0.25, 0.3) is 5.69 Å². The molecule has 0 aliphatic rings. The second-order valence-electron chi connectivity index (χ2n) is 6.61. The summed E-state index contributed by atoms with van der Waals surface area (Å²) in [6.45, 7) is 4.92. The molecule has 0 aliphatic carbocycles. The van der Waals surface area contributed by atoms with E-state index in [0.29, 0.717) is 16.3 Å². The summed E-state index contributed by atoms with van der Waals surface area (Å²) in [5.74, 6) is -0.596. The molecule has 156 valence electrons. The van der Waals surface area contributed by atoms with Gasteiger partial charge in [0.15, 0.2) is 0 Å². The summed E-state index contributed by atoms with van der Waals surface area (Å²) < 4.78 is 26.2. The fourth-order valence-electron chi connectivity index (χ4n) is 3.03. The number of hydrogen-bond acceptors (Lipinski definition) is 5. The summed E-state index contributed by atoms with van der Waals surface area (Å²) in [4.78, 5) is 23.6. The molecule has 10 heteroatoms. The third-order valence-corrected chi connectivity index (χ3v) is 5.90. The number of amides is 1. The molecular formula is C19H22ClN3O5S. The van der Waals surface area contributed by atoms with Crippen molar-refractivity contribution in [3.8, 4) is 0 Å². The lowest BCUT2D eigenvalue weighted by Crippen LogP contribution is -2.47. The third kappa shape index (κ3) is 5.04. The van der Waals surface area contributed by atoms with Gasteiger partial charge in [-0.15, -0.1) is 0 Å². The molecule has 2 aromatic carbocycles. The predicted molar refractivity (Wildman–Crippen MR) is 114 cm³/mol. The van der Waals surface area contributed by atoms with E-state index in [1.165, 1.54) is 31.2 Å². The summed E-state index contributed by atoms with van der Waals surface area (Å²) in [6, 6.07) is 8.05. The smallest absolute Gasteiger partial charge is 0.274 e. The van der Waals surface area contributed by atoms with Crippen molar-refractivity contribution in [2.45, 2.75) is 33.2 Å². The van der Waals surface area contributed by atoms with E-state index in [2.05, 4.69) is 5.32 Å². The van der Waals surface area contributed by atoms with Crippen molar-refractivity contribution in [1.29, 1.82) is 0 Å². The number of sulfonamides is 1. The van der Waals surface area contributed by atoms with Gasteiger partial charge >= 0.3 is 0 Å². The minimum Gasteiger partial charge on any atom is -0.324 e. The molecule has 1 atom stereocenters. The summed E-state index contributed by atoms with van der Waals surface area (Å²) in [5, 5.41) is 14.1. The monoisotopic (exact) mass is 439 g/mol. The Morgan fingerprint density at radius 3 is 2.48 bits per heavy atom. The molecular weight excluding hydrogens is 418 g/mol. The van der Waals surface area contributed by atoms with Crippen LogP contribution >= 0.6 is 11.6 Å². The lowest BCUT2D eigenvalue weighted by molar-refractivity contribution is -0.385. The van der Waals surface area contributed by atoms with E-state index in [4.69, 9.17) is 11.6 Å². The fraction of sp³-hybridized carbons (Fsp3) is 0.316. The van der Waals surface area contributed by atoms with E-state index in [9.17, 15) is 23.3 Å². The number of nitrogens with one attached hydrogen (secondary N) is 1. The average molecular weight is 440 g/mol. The maximum Gasteiger partial charge on any atom is 0.274 e. The van der Waals surface area contributed by atoms with Crippen molar-refractivity contribution in [3.05, 3.63) is 62.7 Å². The van der Waals surface area contributed by atoms with E-state index < -0.39 is 26.9 Å². The summed E-state index contributed by atoms with van der Waals surface area (Å²) in [7, 11) is -3.83. The van der Waals surface area contributed by atoms with Gasteiger partial charge < -0.3 is 5.32 Å². The fourth-order valence-corrected chi connectivity index (χ4v) is 4.46. The highest BCUT2D eigenvalue weighted by atomic mass is 35.5. The lowest BCUT2D eigenvalue weighted by Gasteiger charge is -2.31. The first-order valence-corrected chi connectivity index (χ1v) is 11.0.